The largest absolute Gasteiger partial charge is 0.478 e. The van der Waals surface area contributed by atoms with E-state index in [-0.39, 0.29) is 152 Å². The molecule has 3 amide bonds. The minimum absolute atomic E-state index is 0.00122. The Balaban J connectivity index is 0.742. The van der Waals surface area contributed by atoms with Gasteiger partial charge in [-0.05, 0) is 97.5 Å². The molecule has 3 aliphatic carbocycles. The molecule has 4 heterocycles. The summed E-state index contributed by atoms with van der Waals surface area (Å²) in [5.41, 5.74) is 0.126. The molecule has 1 aromatic heterocycles. The van der Waals surface area contributed by atoms with Crippen molar-refractivity contribution < 1.29 is 110 Å². The summed E-state index contributed by atoms with van der Waals surface area (Å²) in [6.45, 7) is -8.36. The first kappa shape index (κ1) is 77.7. The molecule has 0 radical (unpaired) electrons. The third-order valence-corrected chi connectivity index (χ3v) is 28.1. The van der Waals surface area contributed by atoms with E-state index in [2.05, 4.69) is 47.2 Å². The van der Waals surface area contributed by atoms with Crippen LogP contribution >= 0.6 is 44.6 Å². The number of nitrogens with one attached hydrogen (secondary N) is 4. The number of ether oxygens (including phenoxy) is 3. The number of fused-ring (bicyclic) bond motifs is 4. The van der Waals surface area contributed by atoms with Gasteiger partial charge in [-0.3, -0.25) is 24.1 Å². The van der Waals surface area contributed by atoms with Crippen LogP contribution in [-0.2, 0) is 70.9 Å². The summed E-state index contributed by atoms with van der Waals surface area (Å²) in [6, 6.07) is 17.6. The van der Waals surface area contributed by atoms with Crippen molar-refractivity contribution in [2.75, 3.05) is 54.6 Å². The Hall–Kier alpha value is -10.4. The first-order chi connectivity index (χ1) is 51.1. The molecule has 3 aliphatic heterocycles. The zero-order valence-electron chi connectivity index (χ0n) is 56.6. The summed E-state index contributed by atoms with van der Waals surface area (Å²) < 4.78 is 87.3. The number of phenols is 1. The number of aromatic nitrogens is 2. The smallest absolute Gasteiger partial charge is 0.337 e. The number of carbonyl (C=O) groups is 5. The van der Waals surface area contributed by atoms with E-state index < -0.39 is 92.6 Å². The third-order valence-electron chi connectivity index (χ3n) is 17.7. The quantitative estimate of drug-likeness (QED) is 0.00463. The van der Waals surface area contributed by atoms with Crippen molar-refractivity contribution in [1.82, 2.24) is 30.4 Å². The van der Waals surface area contributed by atoms with Gasteiger partial charge in [-0.2, -0.15) is 0 Å². The molecule has 32 nitrogen and oxygen atoms in total. The number of H-pyrrole nitrogens is 1. The standard InChI is InChI=1S/C70H62Cl2N7O25P3/c1-77(2)40-13-18-46-54(28-40)100-55-29-41(78(3)4)14-19-47(55)59(46)61-60(69(88)89)52(71)31-50(62(61)72)67(85)74-32-36-8-10-37(11-9-36)64(82)75-33-51-53(81)22-21-48-58(45-20-15-42(80)30-56(45)101-63(48)51)49-27-38(12-17-44(49)68(86)87)65(83)73-24-26-97-25-6-5-7-39-34-79(70(90)76-66(39)84)57-23-16-43(99-57)35-98-107(103-92,104-102-91,105(93)94)106(95)96/h8-15,17-22,27-31,34,40,43,47,57H,7,16,23-26,32-33,35H2,1-4H3,(H8-,73,74,75,76,80,81,82,83,84,85,86,87,88,89,90,91,92)/p+1/t40?,43-,47?,57+/m0/s1. The van der Waals surface area contributed by atoms with Gasteiger partial charge in [0.15, 0.2) is 5.43 Å². The van der Waals surface area contributed by atoms with Crippen LogP contribution < -0.4 is 32.6 Å². The Labute approximate surface area is 615 Å². The number of hydrogen-bond acceptors (Lipinski definition) is 24. The van der Waals surface area contributed by atoms with Gasteiger partial charge in [0.1, 0.15) is 42.7 Å². The number of carbonyl (C=O) groups excluding carboxylic acids is 3. The second kappa shape index (κ2) is 32.3. The number of hydrogen-bond donors (Lipinski definition) is 9. The maximum atomic E-state index is 14.2. The Morgan fingerprint density at radius 2 is 1.54 bits per heavy atom. The van der Waals surface area contributed by atoms with Crippen LogP contribution in [0, 0.1) is 17.8 Å². The van der Waals surface area contributed by atoms with Gasteiger partial charge in [0.25, 0.3) is 17.7 Å². The summed E-state index contributed by atoms with van der Waals surface area (Å²) in [5, 5.41) is 62.0. The molecule has 1 saturated heterocycles. The maximum Gasteiger partial charge on any atom is 0.337 e. The number of aromatic amines is 1. The molecule has 9 N–H and O–H groups in total. The first-order valence-corrected chi connectivity index (χ1v) is 38.6. The second-order valence-corrected chi connectivity index (χ2v) is 35.7. The molecule has 4 atom stereocenters. The van der Waals surface area contributed by atoms with E-state index in [1.54, 1.807) is 12.1 Å². The molecule has 2 unspecified atom stereocenters. The van der Waals surface area contributed by atoms with Crippen LogP contribution in [-0.4, -0.2) is 147 Å². The number of aromatic carboxylic acids is 2. The van der Waals surface area contributed by atoms with Crippen molar-refractivity contribution >= 4 is 96.5 Å². The van der Waals surface area contributed by atoms with Crippen LogP contribution in [0.1, 0.15) is 93.1 Å². The molecule has 556 valence electrons. The molecule has 4 aromatic carbocycles. The minimum atomic E-state index is -6.59. The SMILES string of the molecule is CN(C)C1C=CC2=C(c3c(Cl)c(C(=O)NCc4ccc(C(=O)NCc5c(O)ccc6c(-c7cc(C(=O)NCCOCC#CCc8cn([C@H]9CC[C@@H](COP(OO)(OOO)(P(=O)=O)P(=O)=O)O9)c(=O)[nH]c8=O)ccc7C(=O)O)c7ccc(=O)cc-7oc56)cc4)cc(Cl)c3C(=O)O)C3C=CC(=[N+](C)C)C=C3OC2=C1. The number of carboxylic acids is 2. The zero-order valence-corrected chi connectivity index (χ0v) is 60.8. The number of carboxylic acid groups (broad SMARTS) is 2. The summed E-state index contributed by atoms with van der Waals surface area (Å²) in [4.78, 5) is 111. The summed E-state index contributed by atoms with van der Waals surface area (Å²) in [5.74, 6) is 0.671. The van der Waals surface area contributed by atoms with Gasteiger partial charge in [-0.15, -0.1) is 0 Å². The number of halogens is 2. The fourth-order valence-corrected chi connectivity index (χ4v) is 17.3. The van der Waals surface area contributed by atoms with Crippen molar-refractivity contribution in [3.8, 4) is 40.0 Å². The van der Waals surface area contributed by atoms with E-state index in [0.29, 0.717) is 28.2 Å². The molecule has 0 bridgehead atoms. The first-order valence-electron chi connectivity index (χ1n) is 32.1. The van der Waals surface area contributed by atoms with E-state index in [0.717, 1.165) is 22.5 Å². The predicted molar refractivity (Wildman–Crippen MR) is 383 cm³/mol. The Bertz CT molecular complexity index is 5410. The summed E-state index contributed by atoms with van der Waals surface area (Å²) in [6.07, 6.45) is 10.0. The second-order valence-electron chi connectivity index (χ2n) is 24.7. The summed E-state index contributed by atoms with van der Waals surface area (Å²) >= 11 is 14.0. The topological polar surface area (TPSA) is 447 Å². The normalized spacial score (nSPS) is 17.0. The van der Waals surface area contributed by atoms with Crippen LogP contribution in [0.4, 0.5) is 0 Å². The third kappa shape index (κ3) is 15.7. The van der Waals surface area contributed by atoms with Gasteiger partial charge in [0.2, 0.25) is 5.71 Å². The molecular formula is C70H63Cl2N7O25P3+. The number of likely N-dealkylation sites (N-methyl/N-ethyl adjacent to an activating group) is 1. The average molecular weight is 1570 g/mol. The molecule has 107 heavy (non-hydrogen) atoms. The Morgan fingerprint density at radius 3 is 2.23 bits per heavy atom. The van der Waals surface area contributed by atoms with E-state index in [9.17, 15) is 77.2 Å². The van der Waals surface area contributed by atoms with Gasteiger partial charge < -0.3 is 45.2 Å². The van der Waals surface area contributed by atoms with Crippen molar-refractivity contribution in [3.05, 3.63) is 230 Å². The zero-order chi connectivity index (χ0) is 76.9. The molecule has 6 aliphatic rings. The summed E-state index contributed by atoms with van der Waals surface area (Å²) in [7, 11) is -1.32. The average Bonchev–Trinajstić information content (AvgIpc) is 1.13. The number of phenolic OH excluding ortho intramolecular Hbond substituents is 1. The van der Waals surface area contributed by atoms with Crippen molar-refractivity contribution in [1.29, 1.82) is 0 Å². The van der Waals surface area contributed by atoms with Gasteiger partial charge >= 0.3 is 185 Å². The Morgan fingerprint density at radius 1 is 0.813 bits per heavy atom. The molecule has 11 rings (SSSR count). The van der Waals surface area contributed by atoms with E-state index >= 15 is 0 Å². The van der Waals surface area contributed by atoms with Gasteiger partial charge in [0, 0.05) is 76.1 Å². The van der Waals surface area contributed by atoms with Crippen molar-refractivity contribution in [2.45, 2.75) is 50.7 Å². The van der Waals surface area contributed by atoms with E-state index in [4.69, 9.17) is 51.6 Å². The van der Waals surface area contributed by atoms with Crippen LogP contribution in [0.3, 0.4) is 0 Å². The molecule has 0 saturated carbocycles. The van der Waals surface area contributed by atoms with Gasteiger partial charge in [-0.1, -0.05) is 53.6 Å². The number of rotatable bonds is 26. The Kier molecular flexibility index (Phi) is 23.5. The fraction of sp³-hybridized carbons (Fsp3) is 0.243. The van der Waals surface area contributed by atoms with Gasteiger partial charge in [-0.25, -0.2) is 14.2 Å². The predicted octanol–water partition coefficient (Wildman–Crippen LogP) is 9.71. The van der Waals surface area contributed by atoms with Crippen LogP contribution in [0.15, 0.2) is 157 Å². The minimum Gasteiger partial charge on any atom is -0.478 e. The van der Waals surface area contributed by atoms with Crippen LogP contribution in [0.25, 0.3) is 39.0 Å². The molecule has 5 aromatic rings. The monoisotopic (exact) mass is 1560 g/mol. The van der Waals surface area contributed by atoms with Crippen molar-refractivity contribution in [2.24, 2.45) is 5.92 Å². The number of allylic oxidation sites excluding steroid dienone is 4. The van der Waals surface area contributed by atoms with Crippen molar-refractivity contribution in [3.63, 3.8) is 0 Å². The number of benzene rings is 5. The number of amides is 3. The molecule has 1 fully saturated rings. The number of nitrogens with zero attached hydrogens (tertiary/aromatic N) is 3. The van der Waals surface area contributed by atoms with E-state index in [1.807, 2.05) is 74.1 Å². The molecular weight excluding hydrogens is 1500 g/mol. The number of aromatic hydroxyl groups is 1. The fourth-order valence-electron chi connectivity index (χ4n) is 12.2. The van der Waals surface area contributed by atoms with E-state index in [1.165, 1.54) is 60.7 Å². The van der Waals surface area contributed by atoms with Gasteiger partial charge in [0.05, 0.1) is 51.4 Å². The van der Waals surface area contributed by atoms with Crippen LogP contribution in [0.2, 0.25) is 10.0 Å². The molecule has 37 heteroatoms. The van der Waals surface area contributed by atoms with Crippen LogP contribution in [0.5, 0.6) is 5.75 Å². The maximum absolute atomic E-state index is 14.2. The molecule has 0 spiro atoms.